The van der Waals surface area contributed by atoms with Crippen molar-refractivity contribution < 1.29 is 14.6 Å². The summed E-state index contributed by atoms with van der Waals surface area (Å²) in [6, 6.07) is 7.81. The van der Waals surface area contributed by atoms with Crippen molar-refractivity contribution in [3.05, 3.63) is 42.4 Å². The van der Waals surface area contributed by atoms with Gasteiger partial charge in [-0.2, -0.15) is 5.10 Å². The molecule has 3 N–H and O–H groups in total. The number of nitrogens with zero attached hydrogens (tertiary/aromatic N) is 3. The number of aryl methyl sites for hydroxylation is 1. The average molecular weight is 407 g/mol. The molecule has 0 radical (unpaired) electrons. The molecule has 3 aromatic heterocycles. The van der Waals surface area contributed by atoms with Gasteiger partial charge in [0.25, 0.3) is 0 Å². The van der Waals surface area contributed by atoms with E-state index in [1.807, 2.05) is 37.4 Å². The highest BCUT2D eigenvalue weighted by Gasteiger charge is 2.32. The molecule has 0 bridgehead atoms. The van der Waals surface area contributed by atoms with Crippen LogP contribution in [0, 0.1) is 12.8 Å². The fraction of sp³-hybridized carbons (Fsp3) is 0.409. The Morgan fingerprint density at radius 2 is 2.27 bits per heavy atom. The van der Waals surface area contributed by atoms with E-state index in [1.165, 1.54) is 0 Å². The SMILES string of the molecule is Cc1cc(-c2ccn3nc(NC(=O)C4CC4)cc3c2)c(OC[C@]2(O)CCNC2)cn1. The third-order valence-electron chi connectivity index (χ3n) is 5.70. The van der Waals surface area contributed by atoms with Gasteiger partial charge in [0.2, 0.25) is 5.91 Å². The summed E-state index contributed by atoms with van der Waals surface area (Å²) in [5, 5.41) is 21.1. The van der Waals surface area contributed by atoms with Gasteiger partial charge in [0, 0.05) is 36.0 Å². The molecule has 1 atom stereocenters. The van der Waals surface area contributed by atoms with Crippen LogP contribution in [0.1, 0.15) is 25.0 Å². The highest BCUT2D eigenvalue weighted by atomic mass is 16.5. The Bertz CT molecular complexity index is 1100. The Labute approximate surface area is 174 Å². The second-order valence-corrected chi connectivity index (χ2v) is 8.34. The molecule has 8 nitrogen and oxygen atoms in total. The Morgan fingerprint density at radius 3 is 3.03 bits per heavy atom. The predicted octanol–water partition coefficient (Wildman–Crippen LogP) is 2.16. The van der Waals surface area contributed by atoms with Crippen LogP contribution in [0.2, 0.25) is 0 Å². The summed E-state index contributed by atoms with van der Waals surface area (Å²) in [5.41, 5.74) is 2.76. The van der Waals surface area contributed by atoms with Crippen molar-refractivity contribution in [2.75, 3.05) is 25.0 Å². The summed E-state index contributed by atoms with van der Waals surface area (Å²) in [6.45, 7) is 3.46. The number of anilines is 1. The lowest BCUT2D eigenvalue weighted by molar-refractivity contribution is -0.117. The number of β-amino-alcohol motifs (C(OH)–C–C–N with tert-alkyl or cyclic N) is 1. The smallest absolute Gasteiger partial charge is 0.228 e. The van der Waals surface area contributed by atoms with Crippen LogP contribution < -0.4 is 15.4 Å². The van der Waals surface area contributed by atoms with Gasteiger partial charge in [-0.05, 0) is 56.5 Å². The minimum Gasteiger partial charge on any atom is -0.488 e. The summed E-state index contributed by atoms with van der Waals surface area (Å²) in [4.78, 5) is 16.4. The van der Waals surface area contributed by atoms with Gasteiger partial charge in [-0.1, -0.05) is 0 Å². The molecular formula is C22H25N5O3. The van der Waals surface area contributed by atoms with Crippen LogP contribution in [0.5, 0.6) is 5.75 Å². The van der Waals surface area contributed by atoms with Gasteiger partial charge < -0.3 is 20.5 Å². The van der Waals surface area contributed by atoms with Crippen molar-refractivity contribution in [1.82, 2.24) is 19.9 Å². The van der Waals surface area contributed by atoms with Gasteiger partial charge in [0.05, 0.1) is 11.7 Å². The number of aliphatic hydroxyl groups is 1. The molecule has 0 spiro atoms. The maximum absolute atomic E-state index is 12.0. The molecule has 2 aliphatic rings. The average Bonchev–Trinajstić information content (AvgIpc) is 3.38. The molecule has 2 fully saturated rings. The topological polar surface area (TPSA) is 101 Å². The third kappa shape index (κ3) is 3.88. The number of fused-ring (bicyclic) bond motifs is 1. The van der Waals surface area contributed by atoms with Crippen LogP contribution >= 0.6 is 0 Å². The van der Waals surface area contributed by atoms with Crippen LogP contribution in [-0.2, 0) is 4.79 Å². The van der Waals surface area contributed by atoms with E-state index in [1.54, 1.807) is 10.7 Å². The van der Waals surface area contributed by atoms with Gasteiger partial charge in [-0.3, -0.25) is 9.78 Å². The maximum Gasteiger partial charge on any atom is 0.228 e. The maximum atomic E-state index is 12.0. The van der Waals surface area contributed by atoms with E-state index in [0.717, 1.165) is 41.7 Å². The quantitative estimate of drug-likeness (QED) is 0.579. The molecule has 1 saturated carbocycles. The normalized spacial score (nSPS) is 21.1. The zero-order chi connectivity index (χ0) is 20.7. The third-order valence-corrected chi connectivity index (χ3v) is 5.70. The number of hydrogen-bond donors (Lipinski definition) is 3. The molecule has 8 heteroatoms. The van der Waals surface area contributed by atoms with E-state index in [0.29, 0.717) is 24.5 Å². The minimum atomic E-state index is -0.855. The number of aromatic nitrogens is 3. The van der Waals surface area contributed by atoms with Crippen molar-refractivity contribution >= 4 is 17.2 Å². The standard InChI is InChI=1S/C22H25N5O3/c1-14-8-18(19(11-24-14)30-13-22(29)5-6-23-12-22)16-4-7-27-17(9-16)10-20(26-27)25-21(28)15-2-3-15/h4,7-11,15,23,29H,2-3,5-6,12-13H2,1H3,(H,25,26,28)/t22-/m0/s1. The zero-order valence-electron chi connectivity index (χ0n) is 16.9. The molecule has 30 heavy (non-hydrogen) atoms. The fourth-order valence-electron chi connectivity index (χ4n) is 3.75. The summed E-state index contributed by atoms with van der Waals surface area (Å²) in [5.74, 6) is 1.36. The van der Waals surface area contributed by atoms with Crippen molar-refractivity contribution in [2.45, 2.75) is 31.8 Å². The molecule has 1 aliphatic heterocycles. The van der Waals surface area contributed by atoms with Crippen LogP contribution in [-0.4, -0.2) is 50.9 Å². The molecule has 3 aromatic rings. The van der Waals surface area contributed by atoms with Crippen molar-refractivity contribution in [2.24, 2.45) is 5.92 Å². The Balaban J connectivity index is 1.42. The van der Waals surface area contributed by atoms with Crippen molar-refractivity contribution in [3.8, 4) is 16.9 Å². The molecule has 4 heterocycles. The number of rotatable bonds is 6. The number of pyridine rings is 2. The van der Waals surface area contributed by atoms with Crippen molar-refractivity contribution in [3.63, 3.8) is 0 Å². The second kappa shape index (κ2) is 7.37. The van der Waals surface area contributed by atoms with Gasteiger partial charge in [-0.15, -0.1) is 0 Å². The van der Waals surface area contributed by atoms with Crippen LogP contribution in [0.15, 0.2) is 36.7 Å². The first kappa shape index (κ1) is 19.0. The predicted molar refractivity (Wildman–Crippen MR) is 112 cm³/mol. The highest BCUT2D eigenvalue weighted by molar-refractivity contribution is 5.93. The molecule has 1 saturated heterocycles. The molecule has 0 unspecified atom stereocenters. The Hall–Kier alpha value is -2.97. The van der Waals surface area contributed by atoms with Crippen LogP contribution in [0.3, 0.4) is 0 Å². The number of hydrogen-bond acceptors (Lipinski definition) is 6. The summed E-state index contributed by atoms with van der Waals surface area (Å²) in [7, 11) is 0. The monoisotopic (exact) mass is 407 g/mol. The Morgan fingerprint density at radius 1 is 1.40 bits per heavy atom. The van der Waals surface area contributed by atoms with E-state index in [-0.39, 0.29) is 18.4 Å². The second-order valence-electron chi connectivity index (χ2n) is 8.34. The number of carbonyl (C=O) groups is 1. The number of amides is 1. The van der Waals surface area contributed by atoms with E-state index in [2.05, 4.69) is 20.7 Å². The number of nitrogens with one attached hydrogen (secondary N) is 2. The largest absolute Gasteiger partial charge is 0.488 e. The summed E-state index contributed by atoms with van der Waals surface area (Å²) >= 11 is 0. The lowest BCUT2D eigenvalue weighted by Gasteiger charge is -2.22. The molecule has 1 amide bonds. The number of carbonyl (C=O) groups excluding carboxylic acids is 1. The van der Waals surface area contributed by atoms with E-state index in [9.17, 15) is 9.90 Å². The first-order valence-electron chi connectivity index (χ1n) is 10.3. The summed E-state index contributed by atoms with van der Waals surface area (Å²) in [6.07, 6.45) is 6.15. The van der Waals surface area contributed by atoms with Gasteiger partial charge in [-0.25, -0.2) is 4.52 Å². The van der Waals surface area contributed by atoms with Crippen LogP contribution in [0.25, 0.3) is 16.6 Å². The molecule has 156 valence electrons. The lowest BCUT2D eigenvalue weighted by atomic mass is 10.0. The first-order chi connectivity index (χ1) is 14.5. The fourth-order valence-corrected chi connectivity index (χ4v) is 3.75. The van der Waals surface area contributed by atoms with Crippen molar-refractivity contribution in [1.29, 1.82) is 0 Å². The van der Waals surface area contributed by atoms with E-state index in [4.69, 9.17) is 4.74 Å². The minimum absolute atomic E-state index is 0.0402. The zero-order valence-corrected chi connectivity index (χ0v) is 16.9. The molecule has 5 rings (SSSR count). The summed E-state index contributed by atoms with van der Waals surface area (Å²) < 4.78 is 7.75. The van der Waals surface area contributed by atoms with E-state index >= 15 is 0 Å². The van der Waals surface area contributed by atoms with Gasteiger partial charge in [0.15, 0.2) is 5.82 Å². The lowest BCUT2D eigenvalue weighted by Crippen LogP contribution is -2.38. The van der Waals surface area contributed by atoms with E-state index < -0.39 is 5.60 Å². The van der Waals surface area contributed by atoms with Gasteiger partial charge in [0.1, 0.15) is 18.0 Å². The Kier molecular flexibility index (Phi) is 4.67. The molecule has 0 aromatic carbocycles. The first-order valence-corrected chi connectivity index (χ1v) is 10.3. The van der Waals surface area contributed by atoms with Crippen LogP contribution in [0.4, 0.5) is 5.82 Å². The van der Waals surface area contributed by atoms with Gasteiger partial charge >= 0.3 is 0 Å². The molecule has 1 aliphatic carbocycles. The highest BCUT2D eigenvalue weighted by Crippen LogP contribution is 2.33. The number of ether oxygens (including phenoxy) is 1. The molecular weight excluding hydrogens is 382 g/mol.